The lowest BCUT2D eigenvalue weighted by molar-refractivity contribution is 0.493. The number of nitrogens with zero attached hydrogens (tertiary/aromatic N) is 3. The van der Waals surface area contributed by atoms with E-state index in [-0.39, 0.29) is 5.41 Å². The first-order valence-corrected chi connectivity index (χ1v) is 5.31. The van der Waals surface area contributed by atoms with E-state index in [2.05, 4.69) is 30.9 Å². The minimum absolute atomic E-state index is 0.160. The average Bonchev–Trinajstić information content (AvgIpc) is 2.61. The molecule has 0 saturated heterocycles. The fraction of sp³-hybridized carbons (Fsp3) is 0.556. The molecule has 0 fully saturated rings. The van der Waals surface area contributed by atoms with Gasteiger partial charge >= 0.3 is 0 Å². The van der Waals surface area contributed by atoms with Crippen molar-refractivity contribution < 1.29 is 0 Å². The van der Waals surface area contributed by atoms with E-state index in [1.165, 1.54) is 0 Å². The molecule has 0 radical (unpaired) electrons. The summed E-state index contributed by atoms with van der Waals surface area (Å²) in [6.07, 6.45) is 3.12. The zero-order valence-corrected chi connectivity index (χ0v) is 8.93. The van der Waals surface area contributed by atoms with E-state index < -0.39 is 0 Å². The van der Waals surface area contributed by atoms with Crippen LogP contribution in [0.15, 0.2) is 11.7 Å². The highest BCUT2D eigenvalue weighted by molar-refractivity contribution is 7.14. The molecule has 0 atom stereocenters. The second-order valence-electron chi connectivity index (χ2n) is 3.83. The van der Waals surface area contributed by atoms with Gasteiger partial charge in [-0.25, -0.2) is 9.50 Å². The molecular formula is C9H13N3S. The van der Waals surface area contributed by atoms with E-state index in [9.17, 15) is 0 Å². The highest BCUT2D eigenvalue weighted by atomic mass is 32.1. The Labute approximate surface area is 81.4 Å². The average molecular weight is 195 g/mol. The highest BCUT2D eigenvalue weighted by Gasteiger charge is 2.21. The van der Waals surface area contributed by atoms with E-state index in [1.807, 2.05) is 16.2 Å². The summed E-state index contributed by atoms with van der Waals surface area (Å²) in [5, 5.41) is 4.16. The Morgan fingerprint density at radius 1 is 1.54 bits per heavy atom. The van der Waals surface area contributed by atoms with E-state index in [1.54, 1.807) is 11.3 Å². The third-order valence-electron chi connectivity index (χ3n) is 2.56. The third kappa shape index (κ3) is 1.35. The van der Waals surface area contributed by atoms with Crippen molar-refractivity contribution >= 4 is 16.3 Å². The van der Waals surface area contributed by atoms with Crippen LogP contribution in [0.4, 0.5) is 0 Å². The number of rotatable bonds is 2. The van der Waals surface area contributed by atoms with Gasteiger partial charge in [-0.1, -0.05) is 32.1 Å². The molecule has 0 aromatic carbocycles. The molecule has 2 heterocycles. The second-order valence-corrected chi connectivity index (χ2v) is 4.64. The topological polar surface area (TPSA) is 30.2 Å². The van der Waals surface area contributed by atoms with Crippen molar-refractivity contribution in [3.05, 3.63) is 17.4 Å². The molecular weight excluding hydrogens is 182 g/mol. The summed E-state index contributed by atoms with van der Waals surface area (Å²) in [4.78, 5) is 5.52. The van der Waals surface area contributed by atoms with E-state index in [4.69, 9.17) is 0 Å². The van der Waals surface area contributed by atoms with Crippen LogP contribution in [0.25, 0.3) is 4.96 Å². The predicted molar refractivity (Wildman–Crippen MR) is 54.2 cm³/mol. The lowest BCUT2D eigenvalue weighted by atomic mass is 9.87. The first-order valence-electron chi connectivity index (χ1n) is 4.43. The number of imidazole rings is 1. The van der Waals surface area contributed by atoms with Crippen LogP contribution in [0, 0.1) is 0 Å². The lowest BCUT2D eigenvalue weighted by Crippen LogP contribution is -2.15. The minimum atomic E-state index is 0.160. The smallest absolute Gasteiger partial charge is 0.212 e. The van der Waals surface area contributed by atoms with Gasteiger partial charge in [-0.2, -0.15) is 5.10 Å². The summed E-state index contributed by atoms with van der Waals surface area (Å²) in [5.74, 6) is 0. The molecule has 70 valence electrons. The lowest BCUT2D eigenvalue weighted by Gasteiger charge is -2.18. The highest BCUT2D eigenvalue weighted by Crippen LogP contribution is 2.26. The van der Waals surface area contributed by atoms with Crippen LogP contribution in [-0.4, -0.2) is 14.6 Å². The van der Waals surface area contributed by atoms with Gasteiger partial charge in [0.1, 0.15) is 5.51 Å². The molecule has 0 N–H and O–H groups in total. The Morgan fingerprint density at radius 2 is 2.31 bits per heavy atom. The minimum Gasteiger partial charge on any atom is -0.222 e. The zero-order chi connectivity index (χ0) is 9.47. The molecule has 3 nitrogen and oxygen atoms in total. The second kappa shape index (κ2) is 2.80. The van der Waals surface area contributed by atoms with Gasteiger partial charge < -0.3 is 0 Å². The van der Waals surface area contributed by atoms with Gasteiger partial charge in [-0.15, -0.1) is 0 Å². The van der Waals surface area contributed by atoms with Gasteiger partial charge in [0.15, 0.2) is 0 Å². The van der Waals surface area contributed by atoms with Crippen molar-refractivity contribution in [2.24, 2.45) is 0 Å². The van der Waals surface area contributed by atoms with Crippen LogP contribution >= 0.6 is 11.3 Å². The van der Waals surface area contributed by atoms with Crippen molar-refractivity contribution in [1.29, 1.82) is 0 Å². The summed E-state index contributed by atoms with van der Waals surface area (Å²) < 4.78 is 1.84. The SMILES string of the molecule is CCC(C)(C)c1cn2ncsc2n1. The predicted octanol–water partition coefficient (Wildman–Crippen LogP) is 2.48. The maximum atomic E-state index is 4.53. The van der Waals surface area contributed by atoms with Crippen LogP contribution in [0.1, 0.15) is 32.9 Å². The Balaban J connectivity index is 2.50. The fourth-order valence-corrected chi connectivity index (χ4v) is 1.75. The van der Waals surface area contributed by atoms with Crippen LogP contribution in [0.5, 0.6) is 0 Å². The molecule has 4 heteroatoms. The van der Waals surface area contributed by atoms with Crippen LogP contribution in [0.2, 0.25) is 0 Å². The number of aromatic nitrogens is 3. The van der Waals surface area contributed by atoms with Gasteiger partial charge in [0, 0.05) is 5.41 Å². The zero-order valence-electron chi connectivity index (χ0n) is 8.11. The maximum Gasteiger partial charge on any atom is 0.212 e. The largest absolute Gasteiger partial charge is 0.222 e. The first kappa shape index (κ1) is 8.69. The van der Waals surface area contributed by atoms with Crippen molar-refractivity contribution in [2.75, 3.05) is 0 Å². The molecule has 0 aliphatic rings. The number of hydrogen-bond acceptors (Lipinski definition) is 3. The Bertz CT molecular complexity index is 385. The van der Waals surface area contributed by atoms with Crippen molar-refractivity contribution in [3.63, 3.8) is 0 Å². The van der Waals surface area contributed by atoms with Gasteiger partial charge in [-0.3, -0.25) is 0 Å². The number of hydrogen-bond donors (Lipinski definition) is 0. The molecule has 2 aromatic heterocycles. The van der Waals surface area contributed by atoms with E-state index in [0.717, 1.165) is 17.1 Å². The molecule has 2 rings (SSSR count). The molecule has 2 aromatic rings. The summed E-state index contributed by atoms with van der Waals surface area (Å²) in [5.41, 5.74) is 3.10. The van der Waals surface area contributed by atoms with Gasteiger partial charge in [0.2, 0.25) is 4.96 Å². The quantitative estimate of drug-likeness (QED) is 0.737. The molecule has 0 bridgehead atoms. The standard InChI is InChI=1S/C9H13N3S/c1-4-9(2,3)7-5-12-8(11-7)13-6-10-12/h5-6H,4H2,1-3H3. The third-order valence-corrected chi connectivity index (χ3v) is 3.25. The van der Waals surface area contributed by atoms with E-state index >= 15 is 0 Å². The Hall–Kier alpha value is -0.900. The Morgan fingerprint density at radius 3 is 2.92 bits per heavy atom. The van der Waals surface area contributed by atoms with Crippen LogP contribution < -0.4 is 0 Å². The summed E-state index contributed by atoms with van der Waals surface area (Å²) >= 11 is 1.58. The van der Waals surface area contributed by atoms with E-state index in [0.29, 0.717) is 0 Å². The van der Waals surface area contributed by atoms with Crippen molar-refractivity contribution in [2.45, 2.75) is 32.6 Å². The van der Waals surface area contributed by atoms with Crippen molar-refractivity contribution in [1.82, 2.24) is 14.6 Å². The Kier molecular flexibility index (Phi) is 1.87. The molecule has 0 aliphatic carbocycles. The van der Waals surface area contributed by atoms with Gasteiger partial charge in [-0.05, 0) is 6.42 Å². The van der Waals surface area contributed by atoms with Gasteiger partial charge in [0.25, 0.3) is 0 Å². The van der Waals surface area contributed by atoms with Crippen LogP contribution in [0.3, 0.4) is 0 Å². The summed E-state index contributed by atoms with van der Waals surface area (Å²) in [6.45, 7) is 6.60. The molecule has 0 aliphatic heterocycles. The first-order chi connectivity index (χ1) is 6.13. The molecule has 0 saturated carbocycles. The molecule has 13 heavy (non-hydrogen) atoms. The fourth-order valence-electron chi connectivity index (χ4n) is 1.15. The molecule has 0 spiro atoms. The molecule has 0 unspecified atom stereocenters. The monoisotopic (exact) mass is 195 g/mol. The van der Waals surface area contributed by atoms with Crippen molar-refractivity contribution in [3.8, 4) is 0 Å². The molecule has 0 amide bonds. The normalized spacial score (nSPS) is 12.5. The maximum absolute atomic E-state index is 4.53. The van der Waals surface area contributed by atoms with Crippen LogP contribution in [-0.2, 0) is 5.41 Å². The van der Waals surface area contributed by atoms with Gasteiger partial charge in [0.05, 0.1) is 11.9 Å². The summed E-state index contributed by atoms with van der Waals surface area (Å²) in [7, 11) is 0. The number of fused-ring (bicyclic) bond motifs is 1. The summed E-state index contributed by atoms with van der Waals surface area (Å²) in [6, 6.07) is 0.